The van der Waals surface area contributed by atoms with Crippen LogP contribution in [0.25, 0.3) is 0 Å². The van der Waals surface area contributed by atoms with Gasteiger partial charge in [-0.1, -0.05) is 35.3 Å². The first-order valence-electron chi connectivity index (χ1n) is 6.50. The maximum Gasteiger partial charge on any atom is 0.315 e. The largest absolute Gasteiger partial charge is 0.338 e. The van der Waals surface area contributed by atoms with E-state index in [4.69, 9.17) is 23.2 Å². The van der Waals surface area contributed by atoms with Crippen molar-refractivity contribution in [3.8, 4) is 0 Å². The summed E-state index contributed by atoms with van der Waals surface area (Å²) in [7, 11) is 0. The first kappa shape index (κ1) is 15.6. The number of aromatic nitrogens is 1. The Bertz CT molecular complexity index is 605. The van der Waals surface area contributed by atoms with Gasteiger partial charge in [0.25, 0.3) is 0 Å². The third kappa shape index (κ3) is 5.25. The van der Waals surface area contributed by atoms with Gasteiger partial charge in [0.1, 0.15) is 0 Å². The topological polar surface area (TPSA) is 54.0 Å². The number of pyridine rings is 1. The number of nitrogens with zero attached hydrogens (tertiary/aromatic N) is 1. The fourth-order valence-electron chi connectivity index (χ4n) is 1.77. The van der Waals surface area contributed by atoms with Crippen molar-refractivity contribution in [2.45, 2.75) is 13.0 Å². The molecule has 2 amide bonds. The van der Waals surface area contributed by atoms with Gasteiger partial charge in [-0.05, 0) is 36.2 Å². The lowest BCUT2D eigenvalue weighted by molar-refractivity contribution is 0.240. The van der Waals surface area contributed by atoms with Crippen LogP contribution in [-0.4, -0.2) is 17.6 Å². The van der Waals surface area contributed by atoms with E-state index in [1.54, 1.807) is 18.3 Å². The summed E-state index contributed by atoms with van der Waals surface area (Å²) < 4.78 is 0. The van der Waals surface area contributed by atoms with E-state index in [1.165, 1.54) is 0 Å². The van der Waals surface area contributed by atoms with Crippen LogP contribution >= 0.6 is 23.2 Å². The molecular formula is C15H15Cl2N3O. The third-order valence-electron chi connectivity index (χ3n) is 2.85. The maximum atomic E-state index is 11.6. The van der Waals surface area contributed by atoms with Crippen molar-refractivity contribution in [1.29, 1.82) is 0 Å². The SMILES string of the molecule is O=C(NCCc1ccc(Cl)cc1Cl)NCc1ccccn1. The number of carbonyl (C=O) groups excluding carboxylic acids is 1. The molecular weight excluding hydrogens is 309 g/mol. The van der Waals surface area contributed by atoms with Crippen molar-refractivity contribution in [2.24, 2.45) is 0 Å². The average molecular weight is 324 g/mol. The van der Waals surface area contributed by atoms with Gasteiger partial charge in [-0.3, -0.25) is 4.98 Å². The Morgan fingerprint density at radius 3 is 2.71 bits per heavy atom. The molecule has 0 fully saturated rings. The van der Waals surface area contributed by atoms with Gasteiger partial charge >= 0.3 is 6.03 Å². The number of halogens is 2. The Morgan fingerprint density at radius 2 is 2.00 bits per heavy atom. The van der Waals surface area contributed by atoms with Crippen molar-refractivity contribution in [3.05, 3.63) is 63.9 Å². The highest BCUT2D eigenvalue weighted by atomic mass is 35.5. The molecule has 6 heteroatoms. The Labute approximate surface area is 133 Å². The molecule has 4 nitrogen and oxygen atoms in total. The molecule has 110 valence electrons. The summed E-state index contributed by atoms with van der Waals surface area (Å²) in [5.74, 6) is 0. The molecule has 0 aliphatic rings. The maximum absolute atomic E-state index is 11.6. The summed E-state index contributed by atoms with van der Waals surface area (Å²) in [5.41, 5.74) is 1.76. The van der Waals surface area contributed by atoms with Crippen LogP contribution < -0.4 is 10.6 Å². The quantitative estimate of drug-likeness (QED) is 0.885. The van der Waals surface area contributed by atoms with Gasteiger partial charge in [0, 0.05) is 22.8 Å². The predicted octanol–water partition coefficient (Wildman–Crippen LogP) is 3.43. The van der Waals surface area contributed by atoms with Crippen molar-refractivity contribution >= 4 is 29.2 Å². The smallest absolute Gasteiger partial charge is 0.315 e. The highest BCUT2D eigenvalue weighted by molar-refractivity contribution is 6.35. The lowest BCUT2D eigenvalue weighted by atomic mass is 10.1. The summed E-state index contributed by atoms with van der Waals surface area (Å²) in [6.07, 6.45) is 2.34. The second-order valence-corrected chi connectivity index (χ2v) is 5.26. The molecule has 2 rings (SSSR count). The van der Waals surface area contributed by atoms with E-state index in [0.29, 0.717) is 29.6 Å². The molecule has 21 heavy (non-hydrogen) atoms. The number of hydrogen-bond donors (Lipinski definition) is 2. The predicted molar refractivity (Wildman–Crippen MR) is 84.6 cm³/mol. The lowest BCUT2D eigenvalue weighted by Crippen LogP contribution is -2.36. The summed E-state index contributed by atoms with van der Waals surface area (Å²) in [6, 6.07) is 10.7. The molecule has 0 unspecified atom stereocenters. The summed E-state index contributed by atoms with van der Waals surface area (Å²) in [6.45, 7) is 0.893. The fourth-order valence-corrected chi connectivity index (χ4v) is 2.27. The van der Waals surface area contributed by atoms with Crippen LogP contribution in [0.15, 0.2) is 42.6 Å². The van der Waals surface area contributed by atoms with Crippen LogP contribution in [0.2, 0.25) is 10.0 Å². The number of rotatable bonds is 5. The molecule has 1 aromatic heterocycles. The molecule has 2 aromatic rings. The minimum Gasteiger partial charge on any atom is -0.338 e. The first-order chi connectivity index (χ1) is 10.1. The van der Waals surface area contributed by atoms with E-state index in [2.05, 4.69) is 15.6 Å². The lowest BCUT2D eigenvalue weighted by Gasteiger charge is -2.08. The highest BCUT2D eigenvalue weighted by Gasteiger charge is 2.03. The van der Waals surface area contributed by atoms with Gasteiger partial charge in [0.05, 0.1) is 12.2 Å². The van der Waals surface area contributed by atoms with Gasteiger partial charge < -0.3 is 10.6 Å². The molecule has 2 N–H and O–H groups in total. The van der Waals surface area contributed by atoms with Crippen LogP contribution in [0.4, 0.5) is 4.79 Å². The Morgan fingerprint density at radius 1 is 1.14 bits per heavy atom. The number of hydrogen-bond acceptors (Lipinski definition) is 2. The summed E-state index contributed by atoms with van der Waals surface area (Å²) in [4.78, 5) is 15.8. The zero-order valence-electron chi connectivity index (χ0n) is 11.3. The first-order valence-corrected chi connectivity index (χ1v) is 7.26. The van der Waals surface area contributed by atoms with Gasteiger partial charge in [-0.15, -0.1) is 0 Å². The van der Waals surface area contributed by atoms with Crippen molar-refractivity contribution in [2.75, 3.05) is 6.54 Å². The van der Waals surface area contributed by atoms with E-state index < -0.39 is 0 Å². The number of carbonyl (C=O) groups is 1. The Kier molecular flexibility index (Phi) is 5.84. The number of urea groups is 1. The van der Waals surface area contributed by atoms with Gasteiger partial charge in [-0.2, -0.15) is 0 Å². The third-order valence-corrected chi connectivity index (χ3v) is 3.44. The van der Waals surface area contributed by atoms with E-state index in [0.717, 1.165) is 11.3 Å². The molecule has 1 aromatic carbocycles. The van der Waals surface area contributed by atoms with Crippen LogP contribution in [0.5, 0.6) is 0 Å². The van der Waals surface area contributed by atoms with Crippen LogP contribution in [0.1, 0.15) is 11.3 Å². The monoisotopic (exact) mass is 323 g/mol. The van der Waals surface area contributed by atoms with Gasteiger partial charge in [0.2, 0.25) is 0 Å². The molecule has 0 bridgehead atoms. The van der Waals surface area contributed by atoms with Crippen LogP contribution in [-0.2, 0) is 13.0 Å². The number of benzene rings is 1. The molecule has 0 spiro atoms. The van der Waals surface area contributed by atoms with E-state index in [9.17, 15) is 4.79 Å². The average Bonchev–Trinajstić information content (AvgIpc) is 2.48. The minimum atomic E-state index is -0.231. The van der Waals surface area contributed by atoms with E-state index >= 15 is 0 Å². The minimum absolute atomic E-state index is 0.231. The highest BCUT2D eigenvalue weighted by Crippen LogP contribution is 2.20. The fraction of sp³-hybridized carbons (Fsp3) is 0.200. The zero-order valence-corrected chi connectivity index (χ0v) is 12.8. The van der Waals surface area contributed by atoms with Crippen LogP contribution in [0, 0.1) is 0 Å². The van der Waals surface area contributed by atoms with Crippen LogP contribution in [0.3, 0.4) is 0 Å². The molecule has 0 saturated carbocycles. The Hall–Kier alpha value is -1.78. The summed E-state index contributed by atoms with van der Waals surface area (Å²) >= 11 is 11.9. The molecule has 0 aliphatic heterocycles. The van der Waals surface area contributed by atoms with E-state index in [-0.39, 0.29) is 6.03 Å². The second-order valence-electron chi connectivity index (χ2n) is 4.42. The molecule has 0 radical (unpaired) electrons. The Balaban J connectivity index is 1.72. The molecule has 0 atom stereocenters. The molecule has 0 aliphatic carbocycles. The number of amides is 2. The zero-order chi connectivity index (χ0) is 15.1. The van der Waals surface area contributed by atoms with Gasteiger partial charge in [-0.25, -0.2) is 4.79 Å². The molecule has 0 saturated heterocycles. The molecule has 1 heterocycles. The normalized spacial score (nSPS) is 10.2. The van der Waals surface area contributed by atoms with Crippen molar-refractivity contribution in [1.82, 2.24) is 15.6 Å². The number of nitrogens with one attached hydrogen (secondary N) is 2. The van der Waals surface area contributed by atoms with E-state index in [1.807, 2.05) is 24.3 Å². The second kappa shape index (κ2) is 7.86. The van der Waals surface area contributed by atoms with Crippen molar-refractivity contribution in [3.63, 3.8) is 0 Å². The van der Waals surface area contributed by atoms with Gasteiger partial charge in [0.15, 0.2) is 0 Å². The summed E-state index contributed by atoms with van der Waals surface area (Å²) in [5, 5.41) is 6.73. The van der Waals surface area contributed by atoms with Crippen molar-refractivity contribution < 1.29 is 4.79 Å². The standard InChI is InChI=1S/C15H15Cl2N3O/c16-12-5-4-11(14(17)9-12)6-8-19-15(21)20-10-13-3-1-2-7-18-13/h1-5,7,9H,6,8,10H2,(H2,19,20,21).